The van der Waals surface area contributed by atoms with Gasteiger partial charge < -0.3 is 11.1 Å². The van der Waals surface area contributed by atoms with Crippen molar-refractivity contribution < 1.29 is 4.79 Å². The Hall–Kier alpha value is -0.940. The van der Waals surface area contributed by atoms with Gasteiger partial charge in [-0.1, -0.05) is 13.8 Å². The molecule has 0 aliphatic heterocycles. The van der Waals surface area contributed by atoms with E-state index in [4.69, 9.17) is 5.73 Å². The summed E-state index contributed by atoms with van der Waals surface area (Å²) in [5, 5.41) is 5.80. The molecule has 0 spiro atoms. The summed E-state index contributed by atoms with van der Waals surface area (Å²) >= 11 is 1.56. The molecule has 1 heterocycles. The van der Waals surface area contributed by atoms with Gasteiger partial charge in [0.25, 0.3) is 0 Å². The van der Waals surface area contributed by atoms with Gasteiger partial charge in [0.1, 0.15) is 5.01 Å². The molecule has 3 N–H and O–H groups in total. The number of hydrogen-bond donors (Lipinski definition) is 2. The zero-order chi connectivity index (χ0) is 13.0. The number of aromatic nitrogens is 1. The van der Waals surface area contributed by atoms with Crippen molar-refractivity contribution in [2.24, 2.45) is 11.7 Å². The quantitative estimate of drug-likeness (QED) is 0.845. The Labute approximate surface area is 107 Å². The highest BCUT2D eigenvalue weighted by atomic mass is 32.1. The number of carbonyl (C=O) groups excluding carboxylic acids is 1. The number of rotatable bonds is 5. The molecule has 0 bridgehead atoms. The normalized spacial score (nSPS) is 14.7. The lowest BCUT2D eigenvalue weighted by molar-refractivity contribution is -0.123. The minimum absolute atomic E-state index is 0.0700. The smallest absolute Gasteiger partial charge is 0.237 e. The SMILES string of the molecule is Cc1csc(C(C)NC(=O)[C@H](N)CC(C)C)n1. The molecule has 4 nitrogen and oxygen atoms in total. The number of amides is 1. The monoisotopic (exact) mass is 255 g/mol. The van der Waals surface area contributed by atoms with Crippen LogP contribution in [0.1, 0.15) is 43.9 Å². The molecular formula is C12H21N3OS. The lowest BCUT2D eigenvalue weighted by Gasteiger charge is -2.17. The molecule has 0 saturated carbocycles. The van der Waals surface area contributed by atoms with Crippen LogP contribution in [-0.2, 0) is 4.79 Å². The van der Waals surface area contributed by atoms with Crippen molar-refractivity contribution >= 4 is 17.2 Å². The Balaban J connectivity index is 2.51. The summed E-state index contributed by atoms with van der Waals surface area (Å²) in [7, 11) is 0. The predicted molar refractivity (Wildman–Crippen MR) is 70.8 cm³/mol. The molecule has 1 unspecified atom stereocenters. The van der Waals surface area contributed by atoms with Gasteiger partial charge in [0.2, 0.25) is 5.91 Å². The fourth-order valence-corrected chi connectivity index (χ4v) is 2.37. The fraction of sp³-hybridized carbons (Fsp3) is 0.667. The third-order valence-corrected chi connectivity index (χ3v) is 3.57. The van der Waals surface area contributed by atoms with Gasteiger partial charge in [-0.25, -0.2) is 4.98 Å². The third-order valence-electron chi connectivity index (χ3n) is 2.43. The number of aryl methyl sites for hydroxylation is 1. The van der Waals surface area contributed by atoms with E-state index in [1.165, 1.54) is 0 Å². The van der Waals surface area contributed by atoms with Crippen LogP contribution in [0.3, 0.4) is 0 Å². The Bertz CT molecular complexity index is 376. The number of nitrogens with zero attached hydrogens (tertiary/aromatic N) is 1. The first-order chi connectivity index (χ1) is 7.90. The molecule has 2 atom stereocenters. The second-order valence-electron chi connectivity index (χ2n) is 4.79. The molecule has 1 amide bonds. The van der Waals surface area contributed by atoms with E-state index in [2.05, 4.69) is 24.1 Å². The lowest BCUT2D eigenvalue weighted by Crippen LogP contribution is -2.42. The summed E-state index contributed by atoms with van der Waals surface area (Å²) in [6, 6.07) is -0.502. The molecule has 0 radical (unpaired) electrons. The third kappa shape index (κ3) is 4.44. The molecule has 17 heavy (non-hydrogen) atoms. The summed E-state index contributed by atoms with van der Waals surface area (Å²) < 4.78 is 0. The minimum atomic E-state index is -0.432. The molecule has 0 aliphatic rings. The van der Waals surface area contributed by atoms with E-state index in [0.29, 0.717) is 12.3 Å². The largest absolute Gasteiger partial charge is 0.346 e. The van der Waals surface area contributed by atoms with Crippen LogP contribution in [0.4, 0.5) is 0 Å². The van der Waals surface area contributed by atoms with E-state index in [1.54, 1.807) is 11.3 Å². The highest BCUT2D eigenvalue weighted by Crippen LogP contribution is 2.17. The maximum atomic E-state index is 11.8. The van der Waals surface area contributed by atoms with Crippen molar-refractivity contribution in [2.75, 3.05) is 0 Å². The molecular weight excluding hydrogens is 234 g/mol. The number of nitrogens with one attached hydrogen (secondary N) is 1. The number of thiazole rings is 1. The summed E-state index contributed by atoms with van der Waals surface area (Å²) in [5.41, 5.74) is 6.80. The molecule has 0 aromatic carbocycles. The molecule has 1 aromatic rings. The summed E-state index contributed by atoms with van der Waals surface area (Å²) in [4.78, 5) is 16.2. The van der Waals surface area contributed by atoms with E-state index in [-0.39, 0.29) is 11.9 Å². The van der Waals surface area contributed by atoms with Crippen LogP contribution in [0.2, 0.25) is 0 Å². The van der Waals surface area contributed by atoms with Crippen LogP contribution in [0.5, 0.6) is 0 Å². The standard InChI is InChI=1S/C12H21N3OS/c1-7(2)5-10(13)11(16)15-9(4)12-14-8(3)6-17-12/h6-7,9-10H,5,13H2,1-4H3,(H,15,16)/t9?,10-/m1/s1. The molecule has 0 fully saturated rings. The van der Waals surface area contributed by atoms with Gasteiger partial charge in [0, 0.05) is 11.1 Å². The van der Waals surface area contributed by atoms with E-state index in [9.17, 15) is 4.79 Å². The van der Waals surface area contributed by atoms with Crippen LogP contribution in [0, 0.1) is 12.8 Å². The number of nitrogens with two attached hydrogens (primary N) is 1. The zero-order valence-corrected chi connectivity index (χ0v) is 11.7. The average molecular weight is 255 g/mol. The first kappa shape index (κ1) is 14.1. The van der Waals surface area contributed by atoms with Gasteiger partial charge in [-0.3, -0.25) is 4.79 Å². The van der Waals surface area contributed by atoms with Crippen molar-refractivity contribution in [1.29, 1.82) is 0 Å². The second-order valence-corrected chi connectivity index (χ2v) is 5.68. The highest BCUT2D eigenvalue weighted by Gasteiger charge is 2.18. The molecule has 96 valence electrons. The van der Waals surface area contributed by atoms with E-state index in [0.717, 1.165) is 10.7 Å². The van der Waals surface area contributed by atoms with Crippen LogP contribution in [-0.4, -0.2) is 16.9 Å². The Kier molecular flexibility index (Phi) is 5.08. The van der Waals surface area contributed by atoms with Gasteiger partial charge in [-0.2, -0.15) is 0 Å². The van der Waals surface area contributed by atoms with Crippen molar-refractivity contribution in [3.63, 3.8) is 0 Å². The molecule has 1 rings (SSSR count). The molecule has 0 saturated heterocycles. The number of carbonyl (C=O) groups is 1. The fourth-order valence-electron chi connectivity index (χ4n) is 1.57. The average Bonchev–Trinajstić information content (AvgIpc) is 2.63. The van der Waals surface area contributed by atoms with Crippen LogP contribution in [0.25, 0.3) is 0 Å². The van der Waals surface area contributed by atoms with Gasteiger partial charge in [0.15, 0.2) is 0 Å². The van der Waals surface area contributed by atoms with Crippen LogP contribution in [0.15, 0.2) is 5.38 Å². The van der Waals surface area contributed by atoms with Crippen LogP contribution >= 0.6 is 11.3 Å². The van der Waals surface area contributed by atoms with Gasteiger partial charge in [-0.15, -0.1) is 11.3 Å². The maximum absolute atomic E-state index is 11.8. The van der Waals surface area contributed by atoms with E-state index >= 15 is 0 Å². The van der Waals surface area contributed by atoms with Gasteiger partial charge >= 0.3 is 0 Å². The summed E-state index contributed by atoms with van der Waals surface area (Å²) in [6.45, 7) is 7.98. The number of hydrogen-bond acceptors (Lipinski definition) is 4. The Morgan fingerprint density at radius 1 is 1.53 bits per heavy atom. The van der Waals surface area contributed by atoms with Gasteiger partial charge in [-0.05, 0) is 26.2 Å². The van der Waals surface area contributed by atoms with Crippen LogP contribution < -0.4 is 11.1 Å². The lowest BCUT2D eigenvalue weighted by atomic mass is 10.0. The minimum Gasteiger partial charge on any atom is -0.346 e. The van der Waals surface area contributed by atoms with Crippen molar-refractivity contribution in [2.45, 2.75) is 46.2 Å². The first-order valence-electron chi connectivity index (χ1n) is 5.88. The van der Waals surface area contributed by atoms with Crippen molar-refractivity contribution in [1.82, 2.24) is 10.3 Å². The summed E-state index contributed by atoms with van der Waals surface area (Å²) in [5.74, 6) is 0.326. The highest BCUT2D eigenvalue weighted by molar-refractivity contribution is 7.09. The Morgan fingerprint density at radius 3 is 2.65 bits per heavy atom. The zero-order valence-electron chi connectivity index (χ0n) is 10.9. The summed E-state index contributed by atoms with van der Waals surface area (Å²) in [6.07, 6.45) is 0.704. The molecule has 1 aromatic heterocycles. The molecule has 5 heteroatoms. The van der Waals surface area contributed by atoms with Gasteiger partial charge in [0.05, 0.1) is 12.1 Å². The van der Waals surface area contributed by atoms with Crippen molar-refractivity contribution in [3.05, 3.63) is 16.1 Å². The van der Waals surface area contributed by atoms with Crippen molar-refractivity contribution in [3.8, 4) is 0 Å². The first-order valence-corrected chi connectivity index (χ1v) is 6.76. The maximum Gasteiger partial charge on any atom is 0.237 e. The molecule has 0 aliphatic carbocycles. The topological polar surface area (TPSA) is 68.0 Å². The second kappa shape index (κ2) is 6.12. The Morgan fingerprint density at radius 2 is 2.18 bits per heavy atom. The van der Waals surface area contributed by atoms with E-state index in [1.807, 2.05) is 19.2 Å². The van der Waals surface area contributed by atoms with E-state index < -0.39 is 6.04 Å². The predicted octanol–water partition coefficient (Wildman–Crippen LogP) is 2.00.